The first-order chi connectivity index (χ1) is 11.5. The molecule has 0 amide bonds. The largest absolute Gasteiger partial charge is 0.506 e. The summed E-state index contributed by atoms with van der Waals surface area (Å²) >= 11 is 0. The molecule has 128 valence electrons. The van der Waals surface area contributed by atoms with Crippen LogP contribution in [0.25, 0.3) is 11.1 Å². The van der Waals surface area contributed by atoms with E-state index in [0.29, 0.717) is 17.8 Å². The summed E-state index contributed by atoms with van der Waals surface area (Å²) in [5, 5.41) is 10.6. The third kappa shape index (κ3) is 3.35. The third-order valence-corrected chi connectivity index (χ3v) is 3.98. The maximum Gasteiger partial charge on any atom is 0.343 e. The Hall–Kier alpha value is -2.56. The summed E-state index contributed by atoms with van der Waals surface area (Å²) in [5.41, 5.74) is 0.921. The van der Waals surface area contributed by atoms with Crippen molar-refractivity contribution in [1.82, 2.24) is 4.57 Å². The van der Waals surface area contributed by atoms with Crippen LogP contribution < -0.4 is 5.56 Å². The summed E-state index contributed by atoms with van der Waals surface area (Å²) in [4.78, 5) is 25.2. The number of hydrogen-bond donors (Lipinski definition) is 1. The first-order valence-corrected chi connectivity index (χ1v) is 8.21. The summed E-state index contributed by atoms with van der Waals surface area (Å²) < 4.78 is 6.62. The van der Waals surface area contributed by atoms with Crippen LogP contribution in [0.15, 0.2) is 35.1 Å². The summed E-state index contributed by atoms with van der Waals surface area (Å²) in [7, 11) is 0. The van der Waals surface area contributed by atoms with Crippen LogP contribution in [-0.4, -0.2) is 22.2 Å². The molecule has 5 nitrogen and oxygen atoms in total. The quantitative estimate of drug-likeness (QED) is 0.824. The highest BCUT2D eigenvalue weighted by atomic mass is 16.5. The number of pyridine rings is 1. The van der Waals surface area contributed by atoms with Gasteiger partial charge >= 0.3 is 5.97 Å². The summed E-state index contributed by atoms with van der Waals surface area (Å²) in [5.74, 6) is -0.926. The molecule has 1 aromatic carbocycles. The lowest BCUT2D eigenvalue weighted by Gasteiger charge is -2.18. The molecule has 1 N–H and O–H groups in total. The molecule has 24 heavy (non-hydrogen) atoms. The van der Waals surface area contributed by atoms with Crippen LogP contribution in [0.3, 0.4) is 0 Å². The standard InChI is InChI=1S/C19H23NO4/c1-4-6-12-20-13(3)15(19(23)24-5-2)17(21)16(18(20)22)14-10-8-7-9-11-14/h7-11,21H,4-6,12H2,1-3H3. The Labute approximate surface area is 141 Å². The van der Waals surface area contributed by atoms with E-state index >= 15 is 0 Å². The maximum absolute atomic E-state index is 12.9. The molecule has 0 bridgehead atoms. The van der Waals surface area contributed by atoms with Crippen LogP contribution in [0.2, 0.25) is 0 Å². The Morgan fingerprint density at radius 3 is 2.46 bits per heavy atom. The number of esters is 1. The minimum atomic E-state index is -0.616. The van der Waals surface area contributed by atoms with Gasteiger partial charge in [-0.15, -0.1) is 0 Å². The summed E-state index contributed by atoms with van der Waals surface area (Å²) in [6.07, 6.45) is 1.73. The van der Waals surface area contributed by atoms with Gasteiger partial charge in [-0.05, 0) is 25.8 Å². The van der Waals surface area contributed by atoms with Crippen molar-refractivity contribution in [2.75, 3.05) is 6.61 Å². The van der Waals surface area contributed by atoms with Crippen molar-refractivity contribution in [2.24, 2.45) is 0 Å². The second-order valence-electron chi connectivity index (χ2n) is 5.58. The Kier molecular flexibility index (Phi) is 5.79. The molecule has 2 aromatic rings. The van der Waals surface area contributed by atoms with Gasteiger partial charge in [0, 0.05) is 12.2 Å². The van der Waals surface area contributed by atoms with Crippen molar-refractivity contribution in [2.45, 2.75) is 40.2 Å². The van der Waals surface area contributed by atoms with Gasteiger partial charge in [0.15, 0.2) is 0 Å². The van der Waals surface area contributed by atoms with Gasteiger partial charge in [0.05, 0.1) is 12.2 Å². The van der Waals surface area contributed by atoms with Crippen molar-refractivity contribution in [3.8, 4) is 16.9 Å². The van der Waals surface area contributed by atoms with Gasteiger partial charge in [-0.25, -0.2) is 4.79 Å². The number of carbonyl (C=O) groups excluding carboxylic acids is 1. The molecule has 0 aliphatic rings. The summed E-state index contributed by atoms with van der Waals surface area (Å²) in [6, 6.07) is 8.88. The Morgan fingerprint density at radius 1 is 1.21 bits per heavy atom. The van der Waals surface area contributed by atoms with Gasteiger partial charge in [-0.3, -0.25) is 4.79 Å². The molecule has 0 saturated carbocycles. The Bertz CT molecular complexity index is 778. The van der Waals surface area contributed by atoms with Crippen LogP contribution in [-0.2, 0) is 11.3 Å². The highest BCUT2D eigenvalue weighted by Crippen LogP contribution is 2.31. The van der Waals surface area contributed by atoms with Gasteiger partial charge < -0.3 is 14.4 Å². The summed E-state index contributed by atoms with van der Waals surface area (Å²) in [6.45, 7) is 6.10. The van der Waals surface area contributed by atoms with Crippen molar-refractivity contribution >= 4 is 5.97 Å². The third-order valence-electron chi connectivity index (χ3n) is 3.98. The van der Waals surface area contributed by atoms with Gasteiger partial charge in [-0.1, -0.05) is 43.7 Å². The lowest BCUT2D eigenvalue weighted by molar-refractivity contribution is 0.0521. The van der Waals surface area contributed by atoms with E-state index in [9.17, 15) is 14.7 Å². The molecule has 1 heterocycles. The van der Waals surface area contributed by atoms with Crippen LogP contribution in [0.1, 0.15) is 42.7 Å². The molecule has 0 aliphatic carbocycles. The van der Waals surface area contributed by atoms with E-state index in [1.165, 1.54) is 0 Å². The fourth-order valence-electron chi connectivity index (χ4n) is 2.72. The second-order valence-corrected chi connectivity index (χ2v) is 5.58. The topological polar surface area (TPSA) is 68.5 Å². The number of benzene rings is 1. The van der Waals surface area contributed by atoms with Crippen molar-refractivity contribution < 1.29 is 14.6 Å². The van der Waals surface area contributed by atoms with E-state index in [1.54, 1.807) is 42.7 Å². The highest BCUT2D eigenvalue weighted by molar-refractivity contribution is 5.96. The van der Waals surface area contributed by atoms with E-state index in [2.05, 4.69) is 0 Å². The lowest BCUT2D eigenvalue weighted by Crippen LogP contribution is -2.27. The average Bonchev–Trinajstić information content (AvgIpc) is 2.56. The molecule has 0 spiro atoms. The SMILES string of the molecule is CCCCn1c(C)c(C(=O)OCC)c(O)c(-c2ccccc2)c1=O. The van der Waals surface area contributed by atoms with Crippen molar-refractivity contribution in [3.63, 3.8) is 0 Å². The fraction of sp³-hybridized carbons (Fsp3) is 0.368. The lowest BCUT2D eigenvalue weighted by atomic mass is 10.0. The number of unbranched alkanes of at least 4 members (excludes halogenated alkanes) is 1. The average molecular weight is 329 g/mol. The number of carbonyl (C=O) groups is 1. The van der Waals surface area contributed by atoms with Crippen molar-refractivity contribution in [3.05, 3.63) is 51.9 Å². The van der Waals surface area contributed by atoms with Crippen LogP contribution in [0.5, 0.6) is 5.75 Å². The molecule has 0 aliphatic heterocycles. The Balaban J connectivity index is 2.76. The molecule has 0 fully saturated rings. The van der Waals surface area contributed by atoms with E-state index in [1.807, 2.05) is 13.0 Å². The molecule has 1 aromatic heterocycles. The van der Waals surface area contributed by atoms with Crippen LogP contribution in [0, 0.1) is 6.92 Å². The fourth-order valence-corrected chi connectivity index (χ4v) is 2.72. The maximum atomic E-state index is 12.9. The highest BCUT2D eigenvalue weighted by Gasteiger charge is 2.25. The zero-order valence-electron chi connectivity index (χ0n) is 14.3. The number of hydrogen-bond acceptors (Lipinski definition) is 4. The van der Waals surface area contributed by atoms with Gasteiger partial charge in [0.2, 0.25) is 0 Å². The van der Waals surface area contributed by atoms with E-state index in [-0.39, 0.29) is 29.0 Å². The smallest absolute Gasteiger partial charge is 0.343 e. The molecule has 2 rings (SSSR count). The number of aromatic nitrogens is 1. The van der Waals surface area contributed by atoms with E-state index in [4.69, 9.17) is 4.74 Å². The number of ether oxygens (including phenoxy) is 1. The first-order valence-electron chi connectivity index (χ1n) is 8.21. The molecule has 0 radical (unpaired) electrons. The zero-order valence-corrected chi connectivity index (χ0v) is 14.3. The first kappa shape index (κ1) is 17.8. The molecule has 0 atom stereocenters. The van der Waals surface area contributed by atoms with Gasteiger partial charge in [-0.2, -0.15) is 0 Å². The van der Waals surface area contributed by atoms with Gasteiger partial charge in [0.1, 0.15) is 11.3 Å². The minimum Gasteiger partial charge on any atom is -0.506 e. The molecule has 0 unspecified atom stereocenters. The minimum absolute atomic E-state index is 0.0615. The predicted molar refractivity (Wildman–Crippen MR) is 93.4 cm³/mol. The zero-order chi connectivity index (χ0) is 17.7. The molecule has 5 heteroatoms. The molecule has 0 saturated heterocycles. The van der Waals surface area contributed by atoms with E-state index < -0.39 is 5.97 Å². The predicted octanol–water partition coefficient (Wildman–Crippen LogP) is 3.51. The number of nitrogens with zero attached hydrogens (tertiary/aromatic N) is 1. The number of rotatable bonds is 6. The second kappa shape index (κ2) is 7.81. The normalized spacial score (nSPS) is 10.6. The van der Waals surface area contributed by atoms with Crippen molar-refractivity contribution in [1.29, 1.82) is 0 Å². The van der Waals surface area contributed by atoms with Crippen LogP contribution >= 0.6 is 0 Å². The van der Waals surface area contributed by atoms with Crippen LogP contribution in [0.4, 0.5) is 0 Å². The molecular weight excluding hydrogens is 306 g/mol. The van der Waals surface area contributed by atoms with E-state index in [0.717, 1.165) is 12.8 Å². The molecular formula is C19H23NO4. The monoisotopic (exact) mass is 329 g/mol. The number of aromatic hydroxyl groups is 1. The van der Waals surface area contributed by atoms with Gasteiger partial charge in [0.25, 0.3) is 5.56 Å². The Morgan fingerprint density at radius 2 is 1.88 bits per heavy atom.